The number of ether oxygens (including phenoxy) is 1. The number of benzene rings is 2. The Morgan fingerprint density at radius 3 is 2.81 bits per heavy atom. The lowest BCUT2D eigenvalue weighted by Gasteiger charge is -2.05. The molecule has 8 nitrogen and oxygen atoms in total. The molecule has 0 spiro atoms. The zero-order valence-electron chi connectivity index (χ0n) is 14.4. The fourth-order valence-corrected chi connectivity index (χ4v) is 2.65. The van der Waals surface area contributed by atoms with Gasteiger partial charge in [-0.25, -0.2) is 0 Å². The maximum Gasteiger partial charge on any atom is 0.344 e. The van der Waals surface area contributed by atoms with Crippen molar-refractivity contribution in [2.45, 2.75) is 13.5 Å². The van der Waals surface area contributed by atoms with Gasteiger partial charge in [0.2, 0.25) is 0 Å². The Hall–Kier alpha value is -3.81. The van der Waals surface area contributed by atoms with Crippen LogP contribution in [0.1, 0.15) is 21.8 Å². The molecule has 8 heteroatoms. The molecule has 0 aliphatic carbocycles. The largest absolute Gasteiger partial charge is 0.508 e. The molecule has 2 aromatic heterocycles. The van der Waals surface area contributed by atoms with Gasteiger partial charge in [-0.05, 0) is 36.8 Å². The Morgan fingerprint density at radius 2 is 2.04 bits per heavy atom. The number of aromatic nitrogens is 3. The number of aryl methyl sites for hydroxylation is 1. The van der Waals surface area contributed by atoms with Gasteiger partial charge in [0.15, 0.2) is 5.69 Å². The van der Waals surface area contributed by atoms with Gasteiger partial charge in [-0.3, -0.25) is 4.79 Å². The first-order chi connectivity index (χ1) is 13.1. The first-order valence-corrected chi connectivity index (χ1v) is 8.25. The van der Waals surface area contributed by atoms with Crippen LogP contribution in [0.3, 0.4) is 0 Å². The van der Waals surface area contributed by atoms with Gasteiger partial charge in [0, 0.05) is 6.54 Å². The molecule has 0 saturated heterocycles. The number of amides is 1. The van der Waals surface area contributed by atoms with E-state index in [-0.39, 0.29) is 35.7 Å². The number of carbonyl (C=O) groups is 1. The molecule has 2 N–H and O–H groups in total. The van der Waals surface area contributed by atoms with E-state index in [9.17, 15) is 9.90 Å². The number of phenolic OH excluding ortho intramolecular Hbond substituents is 1. The molecule has 136 valence electrons. The summed E-state index contributed by atoms with van der Waals surface area (Å²) < 4.78 is 12.4. The van der Waals surface area contributed by atoms with Crippen molar-refractivity contribution < 1.29 is 19.1 Å². The number of nitrogens with zero attached hydrogens (tertiary/aromatic N) is 3. The summed E-state index contributed by atoms with van der Waals surface area (Å²) in [5.41, 5.74) is 1.01. The van der Waals surface area contributed by atoms with Gasteiger partial charge in [0.25, 0.3) is 5.91 Å². The first kappa shape index (κ1) is 16.6. The molecule has 2 aromatic carbocycles. The van der Waals surface area contributed by atoms with Crippen LogP contribution in [-0.4, -0.2) is 25.6 Å². The molecule has 0 atom stereocenters. The van der Waals surface area contributed by atoms with Gasteiger partial charge < -0.3 is 19.6 Å². The number of hydrogen-bond donors (Lipinski definition) is 2. The molecule has 0 aliphatic rings. The van der Waals surface area contributed by atoms with Gasteiger partial charge in [0.1, 0.15) is 17.3 Å². The average molecular weight is 364 g/mol. The van der Waals surface area contributed by atoms with E-state index >= 15 is 0 Å². The third-order valence-corrected chi connectivity index (χ3v) is 3.88. The topological polar surface area (TPSA) is 102 Å². The number of nitrogens with one attached hydrogen (secondary N) is 1. The maximum absolute atomic E-state index is 12.6. The van der Waals surface area contributed by atoms with Crippen LogP contribution in [0.5, 0.6) is 17.5 Å². The minimum Gasteiger partial charge on any atom is -0.508 e. The van der Waals surface area contributed by atoms with Crippen LogP contribution < -0.4 is 10.1 Å². The molecule has 1 amide bonds. The van der Waals surface area contributed by atoms with E-state index in [0.29, 0.717) is 11.5 Å². The fraction of sp³-hybridized carbons (Fsp3) is 0.105. The van der Waals surface area contributed by atoms with Gasteiger partial charge in [-0.2, -0.15) is 4.52 Å². The van der Waals surface area contributed by atoms with Crippen molar-refractivity contribution in [3.63, 3.8) is 0 Å². The second-order valence-corrected chi connectivity index (χ2v) is 5.86. The summed E-state index contributed by atoms with van der Waals surface area (Å²) in [6.45, 7) is 1.92. The van der Waals surface area contributed by atoms with Gasteiger partial charge in [-0.15, -0.1) is 10.1 Å². The van der Waals surface area contributed by atoms with E-state index < -0.39 is 0 Å². The SMILES string of the molecule is Cc1oc2nc(Oc3ccccc3)nn2c1C(=O)NCc1cccc(O)c1. The number of aromatic hydroxyl groups is 1. The number of phenols is 1. The fourth-order valence-electron chi connectivity index (χ4n) is 2.65. The van der Waals surface area contributed by atoms with Crippen molar-refractivity contribution in [3.05, 3.63) is 71.6 Å². The molecular formula is C19H16N4O4. The van der Waals surface area contributed by atoms with Crippen molar-refractivity contribution in [2.24, 2.45) is 0 Å². The van der Waals surface area contributed by atoms with Crippen molar-refractivity contribution in [3.8, 4) is 17.5 Å². The lowest BCUT2D eigenvalue weighted by atomic mass is 10.2. The summed E-state index contributed by atoms with van der Waals surface area (Å²) in [6, 6.07) is 15.8. The predicted octanol–water partition coefficient (Wildman–Crippen LogP) is 3.06. The van der Waals surface area contributed by atoms with E-state index in [1.54, 1.807) is 43.3 Å². The molecule has 0 saturated carbocycles. The Labute approximate surface area is 154 Å². The zero-order chi connectivity index (χ0) is 18.8. The number of oxazole rings is 1. The van der Waals surface area contributed by atoms with Crippen LogP contribution in [0, 0.1) is 6.92 Å². The second-order valence-electron chi connectivity index (χ2n) is 5.86. The Morgan fingerprint density at radius 1 is 1.22 bits per heavy atom. The van der Waals surface area contributed by atoms with Gasteiger partial charge >= 0.3 is 11.9 Å². The smallest absolute Gasteiger partial charge is 0.344 e. The monoisotopic (exact) mass is 364 g/mol. The van der Waals surface area contributed by atoms with Crippen molar-refractivity contribution in [1.82, 2.24) is 19.9 Å². The number of hydrogen-bond acceptors (Lipinski definition) is 6. The Kier molecular flexibility index (Phi) is 4.21. The van der Waals surface area contributed by atoms with Crippen molar-refractivity contribution in [2.75, 3.05) is 0 Å². The van der Waals surface area contributed by atoms with Gasteiger partial charge in [-0.1, -0.05) is 30.3 Å². The molecule has 27 heavy (non-hydrogen) atoms. The second kappa shape index (κ2) is 6.83. The number of fused-ring (bicyclic) bond motifs is 1. The maximum atomic E-state index is 12.6. The lowest BCUT2D eigenvalue weighted by molar-refractivity contribution is 0.0942. The van der Waals surface area contributed by atoms with Crippen molar-refractivity contribution >= 4 is 11.8 Å². The Balaban J connectivity index is 1.55. The normalized spacial score (nSPS) is 10.9. The summed E-state index contributed by atoms with van der Waals surface area (Å²) in [5, 5.41) is 16.5. The summed E-state index contributed by atoms with van der Waals surface area (Å²) in [7, 11) is 0. The van der Waals surface area contributed by atoms with Crippen LogP contribution in [-0.2, 0) is 6.54 Å². The number of para-hydroxylation sites is 1. The minimum absolute atomic E-state index is 0.0852. The summed E-state index contributed by atoms with van der Waals surface area (Å²) in [6.07, 6.45) is 0. The van der Waals surface area contributed by atoms with E-state index in [4.69, 9.17) is 9.15 Å². The van der Waals surface area contributed by atoms with E-state index in [1.165, 1.54) is 4.52 Å². The molecule has 0 aliphatic heterocycles. The van der Waals surface area contributed by atoms with Crippen LogP contribution in [0.25, 0.3) is 5.84 Å². The third-order valence-electron chi connectivity index (χ3n) is 3.88. The van der Waals surface area contributed by atoms with Crippen LogP contribution >= 0.6 is 0 Å². The molecular weight excluding hydrogens is 348 g/mol. The van der Waals surface area contributed by atoms with E-state index in [1.807, 2.05) is 18.2 Å². The number of carbonyl (C=O) groups excluding carboxylic acids is 1. The van der Waals surface area contributed by atoms with Crippen LogP contribution in [0.15, 0.2) is 59.0 Å². The van der Waals surface area contributed by atoms with Crippen molar-refractivity contribution in [1.29, 1.82) is 0 Å². The molecule has 4 aromatic rings. The molecule has 0 bridgehead atoms. The summed E-state index contributed by atoms with van der Waals surface area (Å²) in [5.74, 6) is 0.913. The highest BCUT2D eigenvalue weighted by atomic mass is 16.5. The molecule has 0 unspecified atom stereocenters. The molecule has 2 heterocycles. The summed E-state index contributed by atoms with van der Waals surface area (Å²) >= 11 is 0. The lowest BCUT2D eigenvalue weighted by Crippen LogP contribution is -2.25. The Bertz CT molecular complexity index is 1100. The molecule has 0 fully saturated rings. The molecule has 4 rings (SSSR count). The highest BCUT2D eigenvalue weighted by Gasteiger charge is 2.22. The molecule has 0 radical (unpaired) electrons. The predicted molar refractivity (Wildman–Crippen MR) is 95.8 cm³/mol. The van der Waals surface area contributed by atoms with Crippen LogP contribution in [0.2, 0.25) is 0 Å². The zero-order valence-corrected chi connectivity index (χ0v) is 14.4. The highest BCUT2D eigenvalue weighted by Crippen LogP contribution is 2.21. The highest BCUT2D eigenvalue weighted by molar-refractivity contribution is 5.93. The van der Waals surface area contributed by atoms with Gasteiger partial charge in [0.05, 0.1) is 0 Å². The first-order valence-electron chi connectivity index (χ1n) is 8.25. The standard InChI is InChI=1S/C19H16N4O4/c1-12-16(17(25)20-11-13-6-5-7-14(24)10-13)23-19(26-12)21-18(22-23)27-15-8-3-2-4-9-15/h2-10,24H,11H2,1H3,(H,20,25). The van der Waals surface area contributed by atoms with E-state index in [0.717, 1.165) is 5.56 Å². The van der Waals surface area contributed by atoms with E-state index in [2.05, 4.69) is 15.4 Å². The quantitative estimate of drug-likeness (QED) is 0.564. The third kappa shape index (κ3) is 3.45. The summed E-state index contributed by atoms with van der Waals surface area (Å²) in [4.78, 5) is 16.8. The number of rotatable bonds is 5. The minimum atomic E-state index is -0.370. The average Bonchev–Trinajstić information content (AvgIpc) is 3.16. The van der Waals surface area contributed by atoms with Crippen LogP contribution in [0.4, 0.5) is 0 Å².